The minimum atomic E-state index is -0.271. The summed E-state index contributed by atoms with van der Waals surface area (Å²) in [5, 5.41) is 0. The van der Waals surface area contributed by atoms with Gasteiger partial charge in [-0.1, -0.05) is 0 Å². The number of hydrogen-bond acceptors (Lipinski definition) is 4. The number of rotatable bonds is 4. The van der Waals surface area contributed by atoms with E-state index in [2.05, 4.69) is 0 Å². The average Bonchev–Trinajstić information content (AvgIpc) is 2.77. The Morgan fingerprint density at radius 3 is 2.44 bits per heavy atom. The SMILES string of the molecule is COC(C)COC1CCC2(CC1)OCCO2. The van der Waals surface area contributed by atoms with E-state index < -0.39 is 0 Å². The first-order chi connectivity index (χ1) is 7.74. The van der Waals surface area contributed by atoms with Crippen molar-refractivity contribution in [3.8, 4) is 0 Å². The first kappa shape index (κ1) is 12.3. The third kappa shape index (κ3) is 2.94. The molecule has 1 heterocycles. The summed E-state index contributed by atoms with van der Waals surface area (Å²) in [5.41, 5.74) is 0. The molecule has 94 valence electrons. The highest BCUT2D eigenvalue weighted by Crippen LogP contribution is 2.36. The summed E-state index contributed by atoms with van der Waals surface area (Å²) in [4.78, 5) is 0. The highest BCUT2D eigenvalue weighted by atomic mass is 16.7. The van der Waals surface area contributed by atoms with Crippen LogP contribution in [0.3, 0.4) is 0 Å². The van der Waals surface area contributed by atoms with Gasteiger partial charge in [0.15, 0.2) is 5.79 Å². The molecule has 2 fully saturated rings. The predicted molar refractivity (Wildman–Crippen MR) is 59.3 cm³/mol. The third-order valence-corrected chi connectivity index (χ3v) is 3.48. The topological polar surface area (TPSA) is 36.9 Å². The van der Waals surface area contributed by atoms with Crippen LogP contribution in [0.2, 0.25) is 0 Å². The quantitative estimate of drug-likeness (QED) is 0.737. The van der Waals surface area contributed by atoms with Gasteiger partial charge in [-0.3, -0.25) is 0 Å². The lowest BCUT2D eigenvalue weighted by Gasteiger charge is -2.35. The van der Waals surface area contributed by atoms with E-state index in [1.807, 2.05) is 6.92 Å². The fraction of sp³-hybridized carbons (Fsp3) is 1.00. The number of methoxy groups -OCH3 is 1. The van der Waals surface area contributed by atoms with Gasteiger partial charge in [0, 0.05) is 20.0 Å². The van der Waals surface area contributed by atoms with Crippen LogP contribution in [0.25, 0.3) is 0 Å². The molecule has 16 heavy (non-hydrogen) atoms. The van der Waals surface area contributed by atoms with Crippen molar-refractivity contribution in [1.82, 2.24) is 0 Å². The van der Waals surface area contributed by atoms with Gasteiger partial charge < -0.3 is 18.9 Å². The van der Waals surface area contributed by atoms with Crippen LogP contribution >= 0.6 is 0 Å². The molecule has 2 aliphatic rings. The first-order valence-corrected chi connectivity index (χ1v) is 6.16. The monoisotopic (exact) mass is 230 g/mol. The second-order valence-corrected chi connectivity index (χ2v) is 4.69. The van der Waals surface area contributed by atoms with E-state index in [4.69, 9.17) is 18.9 Å². The Labute approximate surface area is 97.2 Å². The first-order valence-electron chi connectivity index (χ1n) is 6.16. The highest BCUT2D eigenvalue weighted by Gasteiger charge is 2.40. The zero-order valence-electron chi connectivity index (χ0n) is 10.2. The van der Waals surface area contributed by atoms with E-state index in [1.165, 1.54) is 0 Å². The van der Waals surface area contributed by atoms with Crippen LogP contribution in [0.5, 0.6) is 0 Å². The molecule has 1 aliphatic heterocycles. The molecule has 4 heteroatoms. The van der Waals surface area contributed by atoms with E-state index in [1.54, 1.807) is 7.11 Å². The van der Waals surface area contributed by atoms with Gasteiger partial charge in [0.1, 0.15) is 0 Å². The molecule has 0 bridgehead atoms. The zero-order chi connectivity index (χ0) is 11.4. The lowest BCUT2D eigenvalue weighted by Crippen LogP contribution is -2.38. The van der Waals surface area contributed by atoms with Gasteiger partial charge in [-0.05, 0) is 19.8 Å². The minimum absolute atomic E-state index is 0.176. The molecule has 0 aromatic rings. The maximum absolute atomic E-state index is 5.80. The van der Waals surface area contributed by atoms with Crippen molar-refractivity contribution >= 4 is 0 Å². The lowest BCUT2D eigenvalue weighted by molar-refractivity contribution is -0.193. The molecule has 2 rings (SSSR count). The molecule has 4 nitrogen and oxygen atoms in total. The largest absolute Gasteiger partial charge is 0.379 e. The predicted octanol–water partition coefficient (Wildman–Crippen LogP) is 1.72. The van der Waals surface area contributed by atoms with E-state index in [9.17, 15) is 0 Å². The normalized spacial score (nSPS) is 27.4. The third-order valence-electron chi connectivity index (χ3n) is 3.48. The highest BCUT2D eigenvalue weighted by molar-refractivity contribution is 4.82. The van der Waals surface area contributed by atoms with Crippen LogP contribution in [0.4, 0.5) is 0 Å². The Morgan fingerprint density at radius 2 is 1.88 bits per heavy atom. The molecule has 1 atom stereocenters. The molecular weight excluding hydrogens is 208 g/mol. The Kier molecular flexibility index (Phi) is 4.19. The van der Waals surface area contributed by atoms with Crippen molar-refractivity contribution in [2.45, 2.75) is 50.6 Å². The fourth-order valence-electron chi connectivity index (χ4n) is 2.32. The molecular formula is C12H22O4. The summed E-state index contributed by atoms with van der Waals surface area (Å²) in [6, 6.07) is 0. The molecule has 0 aromatic carbocycles. The van der Waals surface area contributed by atoms with Crippen molar-refractivity contribution in [3.05, 3.63) is 0 Å². The van der Waals surface area contributed by atoms with Gasteiger partial charge in [0.05, 0.1) is 32.0 Å². The summed E-state index contributed by atoms with van der Waals surface area (Å²) < 4.78 is 22.3. The standard InChI is InChI=1S/C12H22O4/c1-10(13-2)9-14-11-3-5-12(6-4-11)15-7-8-16-12/h10-11H,3-9H2,1-2H3. The van der Waals surface area contributed by atoms with Crippen molar-refractivity contribution in [2.24, 2.45) is 0 Å². The van der Waals surface area contributed by atoms with Crippen molar-refractivity contribution in [2.75, 3.05) is 26.9 Å². The molecule has 1 saturated carbocycles. The van der Waals surface area contributed by atoms with Gasteiger partial charge in [0.25, 0.3) is 0 Å². The zero-order valence-corrected chi connectivity index (χ0v) is 10.2. The Hall–Kier alpha value is -0.160. The number of ether oxygens (including phenoxy) is 4. The van der Waals surface area contributed by atoms with E-state index in [0.717, 1.165) is 38.9 Å². The smallest absolute Gasteiger partial charge is 0.168 e. The molecule has 1 unspecified atom stereocenters. The Balaban J connectivity index is 1.69. The van der Waals surface area contributed by atoms with Gasteiger partial charge in [0.2, 0.25) is 0 Å². The van der Waals surface area contributed by atoms with Crippen molar-refractivity contribution in [1.29, 1.82) is 0 Å². The molecule has 0 N–H and O–H groups in total. The summed E-state index contributed by atoms with van der Waals surface area (Å²) >= 11 is 0. The second-order valence-electron chi connectivity index (χ2n) is 4.69. The van der Waals surface area contributed by atoms with Gasteiger partial charge in [-0.15, -0.1) is 0 Å². The van der Waals surface area contributed by atoms with Crippen LogP contribution in [0.1, 0.15) is 32.6 Å². The van der Waals surface area contributed by atoms with E-state index in [-0.39, 0.29) is 11.9 Å². The van der Waals surface area contributed by atoms with Gasteiger partial charge in [-0.25, -0.2) is 0 Å². The van der Waals surface area contributed by atoms with Crippen molar-refractivity contribution in [3.63, 3.8) is 0 Å². The van der Waals surface area contributed by atoms with Crippen LogP contribution in [-0.4, -0.2) is 44.9 Å². The molecule has 1 aliphatic carbocycles. The van der Waals surface area contributed by atoms with Crippen molar-refractivity contribution < 1.29 is 18.9 Å². The van der Waals surface area contributed by atoms with Gasteiger partial charge in [-0.2, -0.15) is 0 Å². The van der Waals surface area contributed by atoms with Gasteiger partial charge >= 0.3 is 0 Å². The van der Waals surface area contributed by atoms with Crippen LogP contribution in [0, 0.1) is 0 Å². The van der Waals surface area contributed by atoms with Crippen LogP contribution in [0.15, 0.2) is 0 Å². The van der Waals surface area contributed by atoms with E-state index >= 15 is 0 Å². The molecule has 0 radical (unpaired) electrons. The van der Waals surface area contributed by atoms with E-state index in [0.29, 0.717) is 12.7 Å². The van der Waals surface area contributed by atoms with Crippen LogP contribution in [-0.2, 0) is 18.9 Å². The minimum Gasteiger partial charge on any atom is -0.379 e. The Morgan fingerprint density at radius 1 is 1.25 bits per heavy atom. The summed E-state index contributed by atoms with van der Waals surface area (Å²) in [5.74, 6) is -0.271. The number of hydrogen-bond donors (Lipinski definition) is 0. The molecule has 1 saturated heterocycles. The lowest BCUT2D eigenvalue weighted by atomic mass is 9.92. The second kappa shape index (κ2) is 5.45. The summed E-state index contributed by atoms with van der Waals surface area (Å²) in [6.45, 7) is 4.18. The molecule has 1 spiro atoms. The fourth-order valence-corrected chi connectivity index (χ4v) is 2.32. The van der Waals surface area contributed by atoms with Crippen LogP contribution < -0.4 is 0 Å². The average molecular weight is 230 g/mol. The summed E-state index contributed by atoms with van der Waals surface area (Å²) in [6.07, 6.45) is 4.48. The molecule has 0 aromatic heterocycles. The maximum Gasteiger partial charge on any atom is 0.168 e. The molecule has 0 amide bonds. The summed E-state index contributed by atoms with van der Waals surface area (Å²) in [7, 11) is 1.71. The Bertz CT molecular complexity index is 203. The maximum atomic E-state index is 5.80.